The highest BCUT2D eigenvalue weighted by Gasteiger charge is 2.33. The van der Waals surface area contributed by atoms with Crippen LogP contribution in [0.3, 0.4) is 0 Å². The first kappa shape index (κ1) is 20.1. The number of carbonyl (C=O) groups excluding carboxylic acids is 2. The molecule has 3 aromatic rings. The zero-order chi connectivity index (χ0) is 22.5. The number of carbonyl (C=O) groups is 2. The molecule has 158 valence electrons. The molecule has 0 bridgehead atoms. The third-order valence-electron chi connectivity index (χ3n) is 5.74. The van der Waals surface area contributed by atoms with Gasteiger partial charge in [0, 0.05) is 28.6 Å². The standard InChI is InChI=1S/C25H18N2O4S/c1-15-22(25(29)20-7-3-2-6-19(20)24(15)28)27-17-9-11-18(12-10-17)32(30,31)21-13-8-16-5-4-14-26-23(16)21/h2-14,21,27H,1H3. The van der Waals surface area contributed by atoms with Crippen molar-refractivity contribution >= 4 is 33.2 Å². The van der Waals surface area contributed by atoms with Crippen molar-refractivity contribution in [2.75, 3.05) is 5.32 Å². The van der Waals surface area contributed by atoms with Crippen molar-refractivity contribution in [3.63, 3.8) is 0 Å². The van der Waals surface area contributed by atoms with Gasteiger partial charge in [0.1, 0.15) is 5.25 Å². The fraction of sp³-hybridized carbons (Fsp3) is 0.0800. The first-order valence-corrected chi connectivity index (χ1v) is 11.6. The maximum atomic E-state index is 13.2. The Balaban J connectivity index is 1.43. The molecule has 1 heterocycles. The van der Waals surface area contributed by atoms with Crippen LogP contribution in [0.25, 0.3) is 6.08 Å². The minimum atomic E-state index is -3.68. The summed E-state index contributed by atoms with van der Waals surface area (Å²) < 4.78 is 26.3. The normalized spacial score (nSPS) is 17.3. The first-order chi connectivity index (χ1) is 15.4. The second-order valence-electron chi connectivity index (χ2n) is 7.66. The summed E-state index contributed by atoms with van der Waals surface area (Å²) in [4.78, 5) is 30.0. The molecule has 2 aromatic carbocycles. The third-order valence-corrected chi connectivity index (χ3v) is 7.72. The minimum absolute atomic E-state index is 0.151. The van der Waals surface area contributed by atoms with E-state index in [9.17, 15) is 18.0 Å². The highest BCUT2D eigenvalue weighted by molar-refractivity contribution is 7.91. The van der Waals surface area contributed by atoms with E-state index in [0.717, 1.165) is 5.56 Å². The quantitative estimate of drug-likeness (QED) is 0.644. The van der Waals surface area contributed by atoms with E-state index in [0.29, 0.717) is 28.1 Å². The van der Waals surface area contributed by atoms with E-state index in [2.05, 4.69) is 10.3 Å². The molecule has 0 saturated carbocycles. The van der Waals surface area contributed by atoms with Crippen molar-refractivity contribution in [3.05, 3.63) is 107 Å². The number of sulfone groups is 1. The SMILES string of the molecule is CC1=C(Nc2ccc(S(=O)(=O)C3C=Cc4cccnc43)cc2)C(=O)c2ccccc2C1=O. The monoisotopic (exact) mass is 442 g/mol. The average molecular weight is 442 g/mol. The van der Waals surface area contributed by atoms with Crippen LogP contribution in [-0.4, -0.2) is 25.0 Å². The molecular formula is C25H18N2O4S. The van der Waals surface area contributed by atoms with E-state index in [1.54, 1.807) is 67.7 Å². The molecule has 1 unspecified atom stereocenters. The predicted octanol–water partition coefficient (Wildman–Crippen LogP) is 4.39. The van der Waals surface area contributed by atoms with Crippen LogP contribution in [0.2, 0.25) is 0 Å². The summed E-state index contributed by atoms with van der Waals surface area (Å²) in [5, 5.41) is 2.17. The average Bonchev–Trinajstić information content (AvgIpc) is 3.26. The van der Waals surface area contributed by atoms with Gasteiger partial charge in [0.25, 0.3) is 0 Å². The summed E-state index contributed by atoms with van der Waals surface area (Å²) in [6.45, 7) is 1.61. The van der Waals surface area contributed by atoms with Gasteiger partial charge in [-0.1, -0.05) is 42.5 Å². The fourth-order valence-electron chi connectivity index (χ4n) is 4.01. The Morgan fingerprint density at radius 1 is 0.875 bits per heavy atom. The van der Waals surface area contributed by atoms with E-state index in [1.807, 2.05) is 6.07 Å². The van der Waals surface area contributed by atoms with E-state index in [4.69, 9.17) is 0 Å². The lowest BCUT2D eigenvalue weighted by Crippen LogP contribution is -2.25. The van der Waals surface area contributed by atoms with Gasteiger partial charge in [0.05, 0.1) is 16.3 Å². The number of hydrogen-bond acceptors (Lipinski definition) is 6. The molecule has 5 rings (SSSR count). The highest BCUT2D eigenvalue weighted by Crippen LogP contribution is 2.36. The van der Waals surface area contributed by atoms with Crippen molar-refractivity contribution in [1.29, 1.82) is 0 Å². The Morgan fingerprint density at radius 3 is 2.28 bits per heavy atom. The van der Waals surface area contributed by atoms with E-state index < -0.39 is 15.1 Å². The number of allylic oxidation sites excluding steroid dienone is 2. The van der Waals surface area contributed by atoms with Gasteiger partial charge in [-0.2, -0.15) is 0 Å². The summed E-state index contributed by atoms with van der Waals surface area (Å²) in [6.07, 6.45) is 4.98. The van der Waals surface area contributed by atoms with Crippen molar-refractivity contribution in [2.24, 2.45) is 0 Å². The number of aromatic nitrogens is 1. The third kappa shape index (κ3) is 3.09. The molecule has 0 radical (unpaired) electrons. The Labute approximate surface area is 185 Å². The molecule has 0 saturated heterocycles. The van der Waals surface area contributed by atoms with Crippen molar-refractivity contribution in [3.8, 4) is 0 Å². The molecule has 1 aromatic heterocycles. The Morgan fingerprint density at radius 2 is 1.56 bits per heavy atom. The molecule has 2 aliphatic rings. The van der Waals surface area contributed by atoms with Gasteiger partial charge < -0.3 is 5.32 Å². The smallest absolute Gasteiger partial charge is 0.210 e. The van der Waals surface area contributed by atoms with Gasteiger partial charge in [-0.25, -0.2) is 8.42 Å². The maximum Gasteiger partial charge on any atom is 0.210 e. The minimum Gasteiger partial charge on any atom is -0.352 e. The molecule has 2 aliphatic carbocycles. The summed E-state index contributed by atoms with van der Waals surface area (Å²) in [7, 11) is -3.68. The van der Waals surface area contributed by atoms with Crippen LogP contribution in [0.4, 0.5) is 5.69 Å². The van der Waals surface area contributed by atoms with E-state index in [-0.39, 0.29) is 22.2 Å². The van der Waals surface area contributed by atoms with Crippen LogP contribution in [0, 0.1) is 0 Å². The molecular weight excluding hydrogens is 424 g/mol. The van der Waals surface area contributed by atoms with Crippen LogP contribution in [0.5, 0.6) is 0 Å². The first-order valence-electron chi connectivity index (χ1n) is 10.0. The predicted molar refractivity (Wildman–Crippen MR) is 121 cm³/mol. The largest absolute Gasteiger partial charge is 0.352 e. The number of Topliss-reactive ketones (excluding diaryl/α,β-unsaturated/α-hetero) is 2. The molecule has 0 amide bonds. The molecule has 32 heavy (non-hydrogen) atoms. The van der Waals surface area contributed by atoms with E-state index >= 15 is 0 Å². The number of pyridine rings is 1. The molecule has 1 N–H and O–H groups in total. The number of nitrogens with zero attached hydrogens (tertiary/aromatic N) is 1. The summed E-state index contributed by atoms with van der Waals surface area (Å²) in [6, 6.07) is 16.5. The van der Waals surface area contributed by atoms with Crippen LogP contribution in [0.1, 0.15) is 44.1 Å². The van der Waals surface area contributed by atoms with Crippen LogP contribution in [-0.2, 0) is 9.84 Å². The maximum absolute atomic E-state index is 13.2. The molecule has 7 heteroatoms. The lowest BCUT2D eigenvalue weighted by molar-refractivity contribution is 0.0976. The van der Waals surface area contributed by atoms with Gasteiger partial charge in [0.15, 0.2) is 15.6 Å². The number of anilines is 1. The lowest BCUT2D eigenvalue weighted by Gasteiger charge is -2.20. The second-order valence-corrected chi connectivity index (χ2v) is 9.73. The van der Waals surface area contributed by atoms with Crippen molar-refractivity contribution in [1.82, 2.24) is 4.98 Å². The van der Waals surface area contributed by atoms with Gasteiger partial charge in [-0.3, -0.25) is 14.6 Å². The lowest BCUT2D eigenvalue weighted by atomic mass is 9.88. The Bertz CT molecular complexity index is 1450. The van der Waals surface area contributed by atoms with Gasteiger partial charge in [0.2, 0.25) is 5.78 Å². The van der Waals surface area contributed by atoms with Gasteiger partial charge in [-0.05, 0) is 42.8 Å². The number of hydrogen-bond donors (Lipinski definition) is 1. The summed E-state index contributed by atoms with van der Waals surface area (Å²) in [5.41, 5.74) is 3.08. The molecule has 1 atom stereocenters. The highest BCUT2D eigenvalue weighted by atomic mass is 32.2. The van der Waals surface area contributed by atoms with Gasteiger partial charge >= 0.3 is 0 Å². The Kier molecular flexibility index (Phi) is 4.64. The second kappa shape index (κ2) is 7.39. The van der Waals surface area contributed by atoms with Crippen molar-refractivity contribution < 1.29 is 18.0 Å². The molecule has 6 nitrogen and oxygen atoms in total. The summed E-state index contributed by atoms with van der Waals surface area (Å²) in [5.74, 6) is -0.478. The molecule has 0 fully saturated rings. The summed E-state index contributed by atoms with van der Waals surface area (Å²) >= 11 is 0. The zero-order valence-corrected chi connectivity index (χ0v) is 17.9. The van der Waals surface area contributed by atoms with Crippen LogP contribution >= 0.6 is 0 Å². The molecule has 0 spiro atoms. The number of ketones is 2. The number of rotatable bonds is 4. The topological polar surface area (TPSA) is 93.2 Å². The number of benzene rings is 2. The Hall–Kier alpha value is -3.84. The van der Waals surface area contributed by atoms with Gasteiger partial charge in [-0.15, -0.1) is 0 Å². The van der Waals surface area contributed by atoms with E-state index in [1.165, 1.54) is 12.1 Å². The van der Waals surface area contributed by atoms with Crippen LogP contribution in [0.15, 0.2) is 89.1 Å². The number of fused-ring (bicyclic) bond motifs is 2. The number of nitrogens with one attached hydrogen (secondary N) is 1. The molecule has 0 aliphatic heterocycles. The zero-order valence-electron chi connectivity index (χ0n) is 17.1. The fourth-order valence-corrected chi connectivity index (χ4v) is 5.60. The van der Waals surface area contributed by atoms with Crippen LogP contribution < -0.4 is 5.32 Å². The van der Waals surface area contributed by atoms with Crippen molar-refractivity contribution in [2.45, 2.75) is 17.1 Å².